The molecule has 1 aliphatic rings. The molecule has 0 radical (unpaired) electrons. The summed E-state index contributed by atoms with van der Waals surface area (Å²) in [6.45, 7) is 1.89. The molecule has 2 aromatic carbocycles. The molecular formula is C24H28N2O6. The van der Waals surface area contributed by atoms with Crippen molar-refractivity contribution < 1.29 is 29.0 Å². The fourth-order valence-electron chi connectivity index (χ4n) is 3.86. The predicted molar refractivity (Wildman–Crippen MR) is 118 cm³/mol. The number of carboxylic acid groups (broad SMARTS) is 1. The minimum Gasteiger partial charge on any atom is -0.480 e. The monoisotopic (exact) mass is 440 g/mol. The molecule has 0 aliphatic heterocycles. The number of rotatable bonds is 10. The number of aliphatic carboxylic acids is 1. The number of ether oxygens (including phenoxy) is 2. The number of methoxy groups -OCH3 is 1. The van der Waals surface area contributed by atoms with Crippen molar-refractivity contribution in [2.24, 2.45) is 0 Å². The van der Waals surface area contributed by atoms with Crippen molar-refractivity contribution in [1.29, 1.82) is 0 Å². The first-order valence-electron chi connectivity index (χ1n) is 10.6. The van der Waals surface area contributed by atoms with Crippen LogP contribution < -0.4 is 10.6 Å². The van der Waals surface area contributed by atoms with Crippen LogP contribution in [0.2, 0.25) is 0 Å². The maximum Gasteiger partial charge on any atom is 0.407 e. The van der Waals surface area contributed by atoms with Gasteiger partial charge in [0.1, 0.15) is 18.7 Å². The highest BCUT2D eigenvalue weighted by atomic mass is 16.5. The molecule has 8 heteroatoms. The van der Waals surface area contributed by atoms with E-state index in [1.165, 1.54) is 6.92 Å². The third-order valence-electron chi connectivity index (χ3n) is 5.52. The van der Waals surface area contributed by atoms with E-state index in [1.54, 1.807) is 7.11 Å². The van der Waals surface area contributed by atoms with Crippen molar-refractivity contribution in [3.05, 3.63) is 59.7 Å². The first-order chi connectivity index (χ1) is 15.4. The quantitative estimate of drug-likeness (QED) is 0.490. The molecule has 0 saturated carbocycles. The molecule has 170 valence electrons. The molecule has 0 fully saturated rings. The summed E-state index contributed by atoms with van der Waals surface area (Å²) < 4.78 is 10.5. The van der Waals surface area contributed by atoms with E-state index < -0.39 is 30.1 Å². The van der Waals surface area contributed by atoms with Gasteiger partial charge < -0.3 is 25.2 Å². The fraction of sp³-hybridized carbons (Fsp3) is 0.375. The van der Waals surface area contributed by atoms with Gasteiger partial charge in [-0.15, -0.1) is 0 Å². The van der Waals surface area contributed by atoms with Crippen molar-refractivity contribution in [1.82, 2.24) is 10.6 Å². The first kappa shape index (κ1) is 23.3. The molecule has 2 atom stereocenters. The van der Waals surface area contributed by atoms with Crippen LogP contribution in [0.4, 0.5) is 4.79 Å². The largest absolute Gasteiger partial charge is 0.480 e. The molecule has 32 heavy (non-hydrogen) atoms. The van der Waals surface area contributed by atoms with Gasteiger partial charge in [0.2, 0.25) is 5.91 Å². The Morgan fingerprint density at radius 1 is 1.00 bits per heavy atom. The second kappa shape index (κ2) is 10.8. The van der Waals surface area contributed by atoms with Crippen LogP contribution >= 0.6 is 0 Å². The first-order valence-corrected chi connectivity index (χ1v) is 10.6. The van der Waals surface area contributed by atoms with Gasteiger partial charge in [-0.05, 0) is 42.0 Å². The van der Waals surface area contributed by atoms with E-state index in [-0.39, 0.29) is 18.9 Å². The summed E-state index contributed by atoms with van der Waals surface area (Å²) in [5.41, 5.74) is 4.42. The number of benzene rings is 2. The van der Waals surface area contributed by atoms with E-state index >= 15 is 0 Å². The molecule has 2 aromatic rings. The molecule has 8 nitrogen and oxygen atoms in total. The van der Waals surface area contributed by atoms with Gasteiger partial charge in [0.15, 0.2) is 0 Å². The third-order valence-corrected chi connectivity index (χ3v) is 5.52. The van der Waals surface area contributed by atoms with Crippen molar-refractivity contribution >= 4 is 18.0 Å². The lowest BCUT2D eigenvalue weighted by molar-refractivity contribution is -0.141. The van der Waals surface area contributed by atoms with Gasteiger partial charge in [0.25, 0.3) is 0 Å². The van der Waals surface area contributed by atoms with Crippen molar-refractivity contribution in [3.63, 3.8) is 0 Å². The Labute approximate surface area is 186 Å². The van der Waals surface area contributed by atoms with Crippen LogP contribution in [-0.2, 0) is 19.1 Å². The topological polar surface area (TPSA) is 114 Å². The van der Waals surface area contributed by atoms with Crippen LogP contribution in [0, 0.1) is 0 Å². The number of fused-ring (bicyclic) bond motifs is 3. The summed E-state index contributed by atoms with van der Waals surface area (Å²) in [7, 11) is 1.54. The summed E-state index contributed by atoms with van der Waals surface area (Å²) in [6.07, 6.45) is 0.0722. The molecule has 2 amide bonds. The van der Waals surface area contributed by atoms with Crippen LogP contribution in [0.1, 0.15) is 36.8 Å². The SMILES string of the molecule is COCCCC(NC(=O)OCC1c2ccccc2-c2ccccc21)C(=O)N[C@@H](C)C(=O)O. The number of alkyl carbamates (subject to hydrolysis) is 1. The number of carboxylic acids is 1. The second-order valence-corrected chi connectivity index (χ2v) is 7.73. The lowest BCUT2D eigenvalue weighted by atomic mass is 9.98. The average molecular weight is 440 g/mol. The molecule has 0 heterocycles. The zero-order chi connectivity index (χ0) is 23.1. The molecular weight excluding hydrogens is 412 g/mol. The van der Waals surface area contributed by atoms with E-state index in [0.29, 0.717) is 13.0 Å². The van der Waals surface area contributed by atoms with Crippen LogP contribution in [-0.4, -0.2) is 55.5 Å². The van der Waals surface area contributed by atoms with Gasteiger partial charge in [0.05, 0.1) is 0 Å². The van der Waals surface area contributed by atoms with Gasteiger partial charge in [-0.25, -0.2) is 4.79 Å². The van der Waals surface area contributed by atoms with Gasteiger partial charge in [-0.3, -0.25) is 9.59 Å². The summed E-state index contributed by atoms with van der Waals surface area (Å²) in [6, 6.07) is 14.0. The molecule has 0 aromatic heterocycles. The van der Waals surface area contributed by atoms with Crippen molar-refractivity contribution in [3.8, 4) is 11.1 Å². The molecule has 0 spiro atoms. The zero-order valence-corrected chi connectivity index (χ0v) is 18.2. The van der Waals surface area contributed by atoms with Crippen LogP contribution in [0.3, 0.4) is 0 Å². The van der Waals surface area contributed by atoms with Crippen molar-refractivity contribution in [2.45, 2.75) is 37.8 Å². The van der Waals surface area contributed by atoms with Gasteiger partial charge >= 0.3 is 12.1 Å². The standard InChI is InChI=1S/C24H28N2O6/c1-15(23(28)29)25-22(27)21(12-7-13-31-2)26-24(30)32-14-20-18-10-5-3-8-16(18)17-9-4-6-11-19(17)20/h3-6,8-11,15,20-21H,7,12-14H2,1-2H3,(H,25,27)(H,26,30)(H,28,29)/t15-,21?/m0/s1. The van der Waals surface area contributed by atoms with Crippen LogP contribution in [0.25, 0.3) is 11.1 Å². The molecule has 3 rings (SSSR count). The Balaban J connectivity index is 1.64. The van der Waals surface area contributed by atoms with Gasteiger partial charge in [-0.2, -0.15) is 0 Å². The number of carbonyl (C=O) groups excluding carboxylic acids is 2. The molecule has 3 N–H and O–H groups in total. The Morgan fingerprint density at radius 3 is 2.16 bits per heavy atom. The highest BCUT2D eigenvalue weighted by Crippen LogP contribution is 2.44. The van der Waals surface area contributed by atoms with Crippen molar-refractivity contribution in [2.75, 3.05) is 20.3 Å². The Bertz CT molecular complexity index is 931. The van der Waals surface area contributed by atoms with E-state index in [9.17, 15) is 14.4 Å². The van der Waals surface area contributed by atoms with E-state index in [1.807, 2.05) is 48.5 Å². The highest BCUT2D eigenvalue weighted by molar-refractivity contribution is 5.89. The maximum absolute atomic E-state index is 12.5. The lowest BCUT2D eigenvalue weighted by Gasteiger charge is -2.20. The van der Waals surface area contributed by atoms with Crippen LogP contribution in [0.5, 0.6) is 0 Å². The smallest absolute Gasteiger partial charge is 0.407 e. The third kappa shape index (κ3) is 5.45. The Morgan fingerprint density at radius 2 is 1.59 bits per heavy atom. The number of hydrogen-bond acceptors (Lipinski definition) is 5. The number of carbonyl (C=O) groups is 3. The number of nitrogens with one attached hydrogen (secondary N) is 2. The summed E-state index contributed by atoms with van der Waals surface area (Å²) in [5, 5.41) is 14.0. The minimum absolute atomic E-state index is 0.0963. The molecule has 0 bridgehead atoms. The normalized spacial score (nSPS) is 14.1. The van der Waals surface area contributed by atoms with Crippen LogP contribution in [0.15, 0.2) is 48.5 Å². The Hall–Kier alpha value is -3.39. The van der Waals surface area contributed by atoms with E-state index in [0.717, 1.165) is 22.3 Å². The molecule has 0 saturated heterocycles. The lowest BCUT2D eigenvalue weighted by Crippen LogP contribution is -2.51. The van der Waals surface area contributed by atoms with Gasteiger partial charge in [-0.1, -0.05) is 48.5 Å². The number of amides is 2. The molecule has 1 aliphatic carbocycles. The Kier molecular flexibility index (Phi) is 7.83. The second-order valence-electron chi connectivity index (χ2n) is 7.73. The highest BCUT2D eigenvalue weighted by Gasteiger charge is 2.30. The predicted octanol–water partition coefficient (Wildman–Crippen LogP) is 2.91. The van der Waals surface area contributed by atoms with Gasteiger partial charge in [0, 0.05) is 19.6 Å². The zero-order valence-electron chi connectivity index (χ0n) is 18.2. The number of hydrogen-bond donors (Lipinski definition) is 3. The average Bonchev–Trinajstić information content (AvgIpc) is 3.10. The maximum atomic E-state index is 12.5. The summed E-state index contributed by atoms with van der Waals surface area (Å²) >= 11 is 0. The van der Waals surface area contributed by atoms with E-state index in [2.05, 4.69) is 10.6 Å². The molecule has 1 unspecified atom stereocenters. The van der Waals surface area contributed by atoms with E-state index in [4.69, 9.17) is 14.6 Å². The minimum atomic E-state index is -1.16. The fourth-order valence-corrected chi connectivity index (χ4v) is 3.86. The summed E-state index contributed by atoms with van der Waals surface area (Å²) in [5.74, 6) is -1.83. The summed E-state index contributed by atoms with van der Waals surface area (Å²) in [4.78, 5) is 36.1.